The molecule has 1 N–H and O–H groups in total. The molecule has 1 saturated heterocycles. The molecule has 1 heterocycles. The first-order chi connectivity index (χ1) is 9.13. The first-order valence-electron chi connectivity index (χ1n) is 6.79. The van der Waals surface area contributed by atoms with Crippen molar-refractivity contribution in [3.63, 3.8) is 0 Å². The summed E-state index contributed by atoms with van der Waals surface area (Å²) in [5.41, 5.74) is 1.70. The Morgan fingerprint density at radius 1 is 1.15 bits per heavy atom. The minimum atomic E-state index is -0.884. The van der Waals surface area contributed by atoms with E-state index >= 15 is 0 Å². The molecule has 1 aliphatic heterocycles. The predicted molar refractivity (Wildman–Crippen MR) is 78.2 cm³/mol. The normalized spacial score (nSPS) is 24.9. The van der Waals surface area contributed by atoms with Crippen LogP contribution in [0.1, 0.15) is 38.3 Å². The molecule has 1 unspecified atom stereocenters. The van der Waals surface area contributed by atoms with Gasteiger partial charge in [0.1, 0.15) is 0 Å². The highest BCUT2D eigenvalue weighted by atomic mass is 16.7. The molecule has 1 aliphatic rings. The van der Waals surface area contributed by atoms with Crippen LogP contribution in [0.15, 0.2) is 18.2 Å². The van der Waals surface area contributed by atoms with Crippen molar-refractivity contribution in [1.82, 2.24) is 0 Å². The smallest absolute Gasteiger partial charge is 0.481 e. The van der Waals surface area contributed by atoms with Gasteiger partial charge in [-0.15, -0.1) is 0 Å². The summed E-state index contributed by atoms with van der Waals surface area (Å²) in [5, 5.41) is 9.08. The highest BCUT2D eigenvalue weighted by Gasteiger charge is 2.55. The number of hydrogen-bond donors (Lipinski definition) is 1. The molecule has 108 valence electrons. The van der Waals surface area contributed by atoms with Crippen molar-refractivity contribution in [2.24, 2.45) is 0 Å². The molecule has 1 atom stereocenters. The van der Waals surface area contributed by atoms with Gasteiger partial charge in [-0.1, -0.05) is 29.3 Å². The molecule has 20 heavy (non-hydrogen) atoms. The molecule has 0 aromatic heterocycles. The van der Waals surface area contributed by atoms with Gasteiger partial charge in [0.05, 0.1) is 17.6 Å². The fourth-order valence-electron chi connectivity index (χ4n) is 2.62. The Morgan fingerprint density at radius 3 is 2.20 bits per heavy atom. The summed E-state index contributed by atoms with van der Waals surface area (Å²) >= 11 is 0. The zero-order chi connectivity index (χ0) is 15.1. The number of benzene rings is 1. The summed E-state index contributed by atoms with van der Waals surface area (Å²) in [6.07, 6.45) is -0.0820. The third-order valence-electron chi connectivity index (χ3n) is 4.05. The first kappa shape index (κ1) is 15.1. The van der Waals surface area contributed by atoms with Gasteiger partial charge < -0.3 is 14.4 Å². The van der Waals surface area contributed by atoms with Crippen LogP contribution in [0.25, 0.3) is 0 Å². The Labute approximate surface area is 120 Å². The van der Waals surface area contributed by atoms with E-state index in [2.05, 4.69) is 6.07 Å². The van der Waals surface area contributed by atoms with Crippen LogP contribution in [0.5, 0.6) is 0 Å². The van der Waals surface area contributed by atoms with Crippen LogP contribution in [0.2, 0.25) is 0 Å². The maximum absolute atomic E-state index is 11.1. The summed E-state index contributed by atoms with van der Waals surface area (Å²) in [5.74, 6) is -0.884. The summed E-state index contributed by atoms with van der Waals surface area (Å²) in [6, 6.07) is 6.11. The summed E-state index contributed by atoms with van der Waals surface area (Å²) in [7, 11) is -0.520. The van der Waals surface area contributed by atoms with E-state index in [9.17, 15) is 4.79 Å². The lowest BCUT2D eigenvalue weighted by molar-refractivity contribution is -0.143. The second kappa shape index (κ2) is 4.90. The van der Waals surface area contributed by atoms with Crippen LogP contribution in [0.4, 0.5) is 0 Å². The number of carboxylic acid groups (broad SMARTS) is 1. The second-order valence-corrected chi connectivity index (χ2v) is 6.30. The highest BCUT2D eigenvalue weighted by molar-refractivity contribution is 6.62. The number of carbonyl (C=O) groups is 1. The number of aliphatic carboxylic acids is 1. The van der Waals surface area contributed by atoms with Crippen molar-refractivity contribution in [3.05, 3.63) is 29.3 Å². The van der Waals surface area contributed by atoms with Gasteiger partial charge in [0.15, 0.2) is 0 Å². The van der Waals surface area contributed by atoms with E-state index in [0.29, 0.717) is 0 Å². The van der Waals surface area contributed by atoms with Crippen molar-refractivity contribution in [2.75, 3.05) is 0 Å². The fraction of sp³-hybridized carbons (Fsp3) is 0.533. The molecule has 1 aromatic rings. The quantitative estimate of drug-likeness (QED) is 0.858. The van der Waals surface area contributed by atoms with Crippen molar-refractivity contribution in [2.45, 2.75) is 52.2 Å². The lowest BCUT2D eigenvalue weighted by atomic mass is 9.77. The van der Waals surface area contributed by atoms with Crippen LogP contribution in [-0.2, 0) is 14.1 Å². The van der Waals surface area contributed by atoms with E-state index in [1.54, 1.807) is 6.92 Å². The van der Waals surface area contributed by atoms with Crippen LogP contribution < -0.4 is 5.46 Å². The molecule has 0 bridgehead atoms. The monoisotopic (exact) mass is 276 g/mol. The van der Waals surface area contributed by atoms with Crippen LogP contribution >= 0.6 is 0 Å². The maximum Gasteiger partial charge on any atom is 0.494 e. The molecular weight excluding hydrogens is 255 g/mol. The summed E-state index contributed by atoms with van der Waals surface area (Å²) < 4.78 is 11.9. The van der Waals surface area contributed by atoms with Crippen LogP contribution in [0, 0.1) is 13.8 Å². The van der Waals surface area contributed by atoms with Gasteiger partial charge in [0.2, 0.25) is 0 Å². The molecule has 0 saturated carbocycles. The van der Waals surface area contributed by atoms with Crippen LogP contribution in [-0.4, -0.2) is 29.4 Å². The van der Waals surface area contributed by atoms with Gasteiger partial charge in [0.25, 0.3) is 0 Å². The first-order valence-corrected chi connectivity index (χ1v) is 6.79. The van der Waals surface area contributed by atoms with Crippen molar-refractivity contribution < 1.29 is 19.2 Å². The summed E-state index contributed by atoms with van der Waals surface area (Å²) in [4.78, 5) is 11.1. The number of rotatable bonds is 3. The molecule has 0 spiro atoms. The zero-order valence-electron chi connectivity index (χ0n) is 12.7. The van der Waals surface area contributed by atoms with Gasteiger partial charge >= 0.3 is 13.1 Å². The van der Waals surface area contributed by atoms with Gasteiger partial charge in [-0.05, 0) is 40.1 Å². The molecule has 4 nitrogen and oxygen atoms in total. The average Bonchev–Trinajstić information content (AvgIpc) is 2.47. The van der Waals surface area contributed by atoms with Gasteiger partial charge in [-0.2, -0.15) is 0 Å². The Hall–Kier alpha value is -1.33. The lowest BCUT2D eigenvalue weighted by Crippen LogP contribution is -2.46. The number of carboxylic acids is 1. The van der Waals surface area contributed by atoms with Crippen molar-refractivity contribution >= 4 is 18.6 Å². The maximum atomic E-state index is 11.1. The molecule has 0 aliphatic carbocycles. The van der Waals surface area contributed by atoms with Gasteiger partial charge in [0, 0.05) is 0 Å². The molecule has 0 radical (unpaired) electrons. The molecule has 1 fully saturated rings. The number of aryl methyl sites for hydroxylation is 2. The van der Waals surface area contributed by atoms with E-state index in [-0.39, 0.29) is 6.42 Å². The third-order valence-corrected chi connectivity index (χ3v) is 4.05. The predicted octanol–water partition coefficient (Wildman–Crippen LogP) is 2.06. The summed E-state index contributed by atoms with van der Waals surface area (Å²) in [6.45, 7) is 9.58. The van der Waals surface area contributed by atoms with Crippen LogP contribution in [0.3, 0.4) is 0 Å². The van der Waals surface area contributed by atoms with E-state index in [1.165, 1.54) is 0 Å². The number of hydrogen-bond acceptors (Lipinski definition) is 3. The molecule has 1 aromatic carbocycles. The van der Waals surface area contributed by atoms with Crippen molar-refractivity contribution in [1.29, 1.82) is 0 Å². The Kier molecular flexibility index (Phi) is 3.69. The average molecular weight is 276 g/mol. The third kappa shape index (κ3) is 2.74. The zero-order valence-corrected chi connectivity index (χ0v) is 12.7. The van der Waals surface area contributed by atoms with E-state index in [0.717, 1.165) is 16.6 Å². The van der Waals surface area contributed by atoms with Gasteiger partial charge in [-0.3, -0.25) is 4.79 Å². The molecule has 2 rings (SSSR count). The topological polar surface area (TPSA) is 55.8 Å². The Morgan fingerprint density at radius 2 is 1.70 bits per heavy atom. The molecule has 0 amide bonds. The molecular formula is C15H21BO4. The minimum absolute atomic E-state index is 0.0820. The second-order valence-electron chi connectivity index (χ2n) is 6.30. The van der Waals surface area contributed by atoms with Gasteiger partial charge in [-0.25, -0.2) is 0 Å². The van der Waals surface area contributed by atoms with E-state index in [1.807, 2.05) is 39.8 Å². The Balaban J connectivity index is 2.31. The standard InChI is InChI=1S/C15H21BO4/c1-10-6-11(2)8-12(7-10)16-19-14(3,4)15(5,20-16)9-13(17)18/h6-8H,9H2,1-5H3,(H,17,18). The highest BCUT2D eigenvalue weighted by Crippen LogP contribution is 2.39. The Bertz CT molecular complexity index is 520. The lowest BCUT2D eigenvalue weighted by Gasteiger charge is -2.34. The molecule has 5 heteroatoms. The fourth-order valence-corrected chi connectivity index (χ4v) is 2.62. The van der Waals surface area contributed by atoms with E-state index in [4.69, 9.17) is 14.4 Å². The minimum Gasteiger partial charge on any atom is -0.481 e. The van der Waals surface area contributed by atoms with Crippen molar-refractivity contribution in [3.8, 4) is 0 Å². The largest absolute Gasteiger partial charge is 0.494 e. The van der Waals surface area contributed by atoms with E-state index < -0.39 is 24.3 Å². The SMILES string of the molecule is Cc1cc(C)cc(B2OC(C)(C)C(C)(CC(=O)O)O2)c1.